The number of thiophene rings is 1. The highest BCUT2D eigenvalue weighted by Gasteiger charge is 2.30. The molecule has 1 heterocycles. The molecule has 28 heavy (non-hydrogen) atoms. The monoisotopic (exact) mass is 406 g/mol. The fourth-order valence-corrected chi connectivity index (χ4v) is 3.78. The Hall–Kier alpha value is -3.41. The number of hydrogen-bond donors (Lipinski definition) is 2. The molecule has 0 fully saturated rings. The van der Waals surface area contributed by atoms with Gasteiger partial charge in [0, 0.05) is 25.7 Å². The number of rotatable bonds is 8. The zero-order valence-corrected chi connectivity index (χ0v) is 16.2. The van der Waals surface area contributed by atoms with Crippen molar-refractivity contribution in [1.29, 1.82) is 5.53 Å². The normalized spacial score (nSPS) is 10.4. The molecule has 12 heteroatoms. The molecule has 11 nitrogen and oxygen atoms in total. The fourth-order valence-electron chi connectivity index (χ4n) is 2.77. The van der Waals surface area contributed by atoms with Gasteiger partial charge in [-0.2, -0.15) is 5.11 Å². The Labute approximate surface area is 163 Å². The maximum atomic E-state index is 11.7. The topological polar surface area (TPSA) is 155 Å². The van der Waals surface area contributed by atoms with Gasteiger partial charge in [-0.1, -0.05) is 11.3 Å². The molecule has 1 aromatic heterocycles. The van der Waals surface area contributed by atoms with Gasteiger partial charge in [0.1, 0.15) is 10.9 Å². The molecule has 1 aromatic carbocycles. The van der Waals surface area contributed by atoms with Gasteiger partial charge in [0.15, 0.2) is 0 Å². The van der Waals surface area contributed by atoms with Gasteiger partial charge >= 0.3 is 5.00 Å². The standard InChI is InChI=1S/C16H18N6O5S/c1-4-20(5-2)10-6-11(18-9(3)23)15(12(7-10)19-17)16-13(21(24)25)8-14(28-16)22(26)27/h6-8,17H,4-5H2,1-3H3,(H,18,23). The van der Waals surface area contributed by atoms with Crippen LogP contribution in [0.15, 0.2) is 23.3 Å². The highest BCUT2D eigenvalue weighted by molar-refractivity contribution is 7.19. The third-order valence-electron chi connectivity index (χ3n) is 3.97. The molecule has 1 amide bonds. The van der Waals surface area contributed by atoms with Crippen LogP contribution in [0.2, 0.25) is 0 Å². The first-order valence-electron chi connectivity index (χ1n) is 8.24. The van der Waals surface area contributed by atoms with E-state index in [0.29, 0.717) is 30.1 Å². The molecule has 2 N–H and O–H groups in total. The SMILES string of the molecule is CCN(CC)c1cc(N=N)c(-c2sc([N+](=O)[O-])cc2[N+](=O)[O-])c(NC(C)=O)c1. The summed E-state index contributed by atoms with van der Waals surface area (Å²) in [5, 5.41) is 28.2. The van der Waals surface area contributed by atoms with Gasteiger partial charge < -0.3 is 10.2 Å². The second-order valence-electron chi connectivity index (χ2n) is 5.67. The third-order valence-corrected chi connectivity index (χ3v) is 5.06. The molecule has 0 aliphatic heterocycles. The molecule has 0 radical (unpaired) electrons. The van der Waals surface area contributed by atoms with Gasteiger partial charge in [-0.15, -0.1) is 0 Å². The molecular weight excluding hydrogens is 388 g/mol. The zero-order chi connectivity index (χ0) is 21.0. The van der Waals surface area contributed by atoms with Crippen LogP contribution >= 0.6 is 11.3 Å². The number of benzene rings is 1. The Balaban J connectivity index is 2.85. The van der Waals surface area contributed by atoms with E-state index < -0.39 is 26.4 Å². The fraction of sp³-hybridized carbons (Fsp3) is 0.312. The van der Waals surface area contributed by atoms with Crippen LogP contribution in [-0.2, 0) is 4.79 Å². The third kappa shape index (κ3) is 4.11. The smallest absolute Gasteiger partial charge is 0.331 e. The van der Waals surface area contributed by atoms with Crippen LogP contribution in [-0.4, -0.2) is 28.8 Å². The molecule has 2 rings (SSSR count). The lowest BCUT2D eigenvalue weighted by Gasteiger charge is -2.23. The van der Waals surface area contributed by atoms with Crippen LogP contribution < -0.4 is 10.2 Å². The molecule has 0 aliphatic carbocycles. The summed E-state index contributed by atoms with van der Waals surface area (Å²) >= 11 is 0.597. The van der Waals surface area contributed by atoms with E-state index in [2.05, 4.69) is 10.4 Å². The Bertz CT molecular complexity index is 953. The van der Waals surface area contributed by atoms with E-state index in [1.807, 2.05) is 18.7 Å². The molecule has 0 aliphatic rings. The summed E-state index contributed by atoms with van der Waals surface area (Å²) in [5.74, 6) is -0.428. The molecule has 0 bridgehead atoms. The second kappa shape index (κ2) is 8.52. The van der Waals surface area contributed by atoms with E-state index in [-0.39, 0.29) is 21.8 Å². The van der Waals surface area contributed by atoms with Gasteiger partial charge in [0.2, 0.25) is 5.91 Å². The van der Waals surface area contributed by atoms with Gasteiger partial charge in [-0.3, -0.25) is 25.0 Å². The highest BCUT2D eigenvalue weighted by atomic mass is 32.1. The molecule has 2 aromatic rings. The average Bonchev–Trinajstić information content (AvgIpc) is 3.07. The first-order chi connectivity index (χ1) is 13.2. The van der Waals surface area contributed by atoms with Crippen molar-refractivity contribution in [1.82, 2.24) is 0 Å². The van der Waals surface area contributed by atoms with Crippen molar-refractivity contribution < 1.29 is 14.6 Å². The molecule has 0 unspecified atom stereocenters. The number of nitro groups is 2. The van der Waals surface area contributed by atoms with Crippen molar-refractivity contribution in [3.05, 3.63) is 38.4 Å². The first-order valence-corrected chi connectivity index (χ1v) is 9.06. The molecule has 0 saturated carbocycles. The summed E-state index contributed by atoms with van der Waals surface area (Å²) in [7, 11) is 0. The maximum Gasteiger partial charge on any atom is 0.331 e. The lowest BCUT2D eigenvalue weighted by molar-refractivity contribution is -0.389. The Morgan fingerprint density at radius 3 is 2.32 bits per heavy atom. The maximum absolute atomic E-state index is 11.7. The number of amides is 1. The van der Waals surface area contributed by atoms with Crippen molar-refractivity contribution >= 4 is 45.0 Å². The minimum Gasteiger partial charge on any atom is -0.372 e. The summed E-state index contributed by atoms with van der Waals surface area (Å²) in [6, 6.07) is 4.05. The van der Waals surface area contributed by atoms with Crippen LogP contribution in [0.5, 0.6) is 0 Å². The quantitative estimate of drug-likeness (QED) is 0.368. The van der Waals surface area contributed by atoms with Crippen molar-refractivity contribution in [2.45, 2.75) is 20.8 Å². The van der Waals surface area contributed by atoms with Crippen LogP contribution in [0.25, 0.3) is 10.4 Å². The van der Waals surface area contributed by atoms with Crippen LogP contribution in [0.1, 0.15) is 20.8 Å². The van der Waals surface area contributed by atoms with Crippen molar-refractivity contribution in [2.24, 2.45) is 5.11 Å². The van der Waals surface area contributed by atoms with E-state index in [9.17, 15) is 25.0 Å². The second-order valence-corrected chi connectivity index (χ2v) is 6.70. The summed E-state index contributed by atoms with van der Waals surface area (Å²) < 4.78 is 0. The lowest BCUT2D eigenvalue weighted by Crippen LogP contribution is -2.22. The van der Waals surface area contributed by atoms with Gasteiger partial charge in [0.25, 0.3) is 5.69 Å². The highest BCUT2D eigenvalue weighted by Crippen LogP contribution is 2.49. The van der Waals surface area contributed by atoms with E-state index in [0.717, 1.165) is 6.07 Å². The summed E-state index contributed by atoms with van der Waals surface area (Å²) in [6.07, 6.45) is 0. The Morgan fingerprint density at radius 2 is 1.86 bits per heavy atom. The number of nitrogens with zero attached hydrogens (tertiary/aromatic N) is 4. The molecule has 0 saturated heterocycles. The predicted molar refractivity (Wildman–Crippen MR) is 106 cm³/mol. The lowest BCUT2D eigenvalue weighted by atomic mass is 10.1. The molecule has 0 spiro atoms. The van der Waals surface area contributed by atoms with Crippen LogP contribution in [0, 0.1) is 25.8 Å². The minimum absolute atomic E-state index is 0.0439. The number of carbonyl (C=O) groups excluding carboxylic acids is 1. The largest absolute Gasteiger partial charge is 0.372 e. The van der Waals surface area contributed by atoms with E-state index in [1.165, 1.54) is 6.92 Å². The van der Waals surface area contributed by atoms with E-state index >= 15 is 0 Å². The molecule has 0 atom stereocenters. The Kier molecular flexibility index (Phi) is 6.36. The average molecular weight is 406 g/mol. The van der Waals surface area contributed by atoms with Crippen molar-refractivity contribution in [3.63, 3.8) is 0 Å². The molecular formula is C16H18N6O5S. The summed E-state index contributed by atoms with van der Waals surface area (Å²) in [4.78, 5) is 34.7. The van der Waals surface area contributed by atoms with Gasteiger partial charge in [-0.25, -0.2) is 5.53 Å². The number of anilines is 2. The zero-order valence-electron chi connectivity index (χ0n) is 15.4. The summed E-state index contributed by atoms with van der Waals surface area (Å²) in [5.41, 5.74) is 8.07. The van der Waals surface area contributed by atoms with E-state index in [4.69, 9.17) is 5.53 Å². The molecule has 148 valence electrons. The van der Waals surface area contributed by atoms with Crippen LogP contribution in [0.3, 0.4) is 0 Å². The number of carbonyl (C=O) groups is 1. The van der Waals surface area contributed by atoms with E-state index in [1.54, 1.807) is 12.1 Å². The van der Waals surface area contributed by atoms with Crippen LogP contribution in [0.4, 0.5) is 27.8 Å². The minimum atomic E-state index is -0.734. The van der Waals surface area contributed by atoms with Crippen molar-refractivity contribution in [3.8, 4) is 10.4 Å². The van der Waals surface area contributed by atoms with Crippen molar-refractivity contribution in [2.75, 3.05) is 23.3 Å². The van der Waals surface area contributed by atoms with Gasteiger partial charge in [-0.05, 0) is 26.0 Å². The number of nitrogens with one attached hydrogen (secondary N) is 2. The Morgan fingerprint density at radius 1 is 1.21 bits per heavy atom. The van der Waals surface area contributed by atoms with Gasteiger partial charge in [0.05, 0.1) is 26.8 Å². The number of hydrogen-bond acceptors (Lipinski definition) is 9. The first kappa shape index (κ1) is 20.9. The predicted octanol–water partition coefficient (Wildman–Crippen LogP) is 4.70. The summed E-state index contributed by atoms with van der Waals surface area (Å²) in [6.45, 7) is 6.44.